The number of aromatic carboxylic acids is 1. The molecule has 2 rings (SSSR count). The van der Waals surface area contributed by atoms with Crippen molar-refractivity contribution in [2.24, 2.45) is 0 Å². The van der Waals surface area contributed by atoms with Gasteiger partial charge in [-0.05, 0) is 0 Å². The Bertz CT molecular complexity index is 318. The molecule has 13 heavy (non-hydrogen) atoms. The van der Waals surface area contributed by atoms with Crippen LogP contribution >= 0.6 is 0 Å². The van der Waals surface area contributed by atoms with E-state index in [1.165, 1.54) is 0 Å². The van der Waals surface area contributed by atoms with E-state index in [9.17, 15) is 4.79 Å². The monoisotopic (exact) mass is 184 g/mol. The Kier molecular flexibility index (Phi) is 1.90. The van der Waals surface area contributed by atoms with Gasteiger partial charge in [0, 0.05) is 0 Å². The molecule has 0 aliphatic carbocycles. The van der Waals surface area contributed by atoms with Crippen molar-refractivity contribution in [1.29, 1.82) is 0 Å². The van der Waals surface area contributed by atoms with E-state index in [4.69, 9.17) is 14.3 Å². The first-order chi connectivity index (χ1) is 6.25. The molecule has 0 bridgehead atoms. The Hall–Kier alpha value is -1.56. The van der Waals surface area contributed by atoms with E-state index in [1.807, 2.05) is 0 Å². The van der Waals surface area contributed by atoms with Gasteiger partial charge in [-0.2, -0.15) is 4.98 Å². The lowest BCUT2D eigenvalue weighted by Crippen LogP contribution is -2.40. The predicted octanol–water partition coefficient (Wildman–Crippen LogP) is 0.184. The number of hydrogen-bond acceptors (Lipinski definition) is 5. The van der Waals surface area contributed by atoms with Crippen molar-refractivity contribution in [1.82, 2.24) is 4.98 Å². The van der Waals surface area contributed by atoms with E-state index in [0.717, 1.165) is 6.26 Å². The molecular weight excluding hydrogens is 176 g/mol. The van der Waals surface area contributed by atoms with E-state index >= 15 is 0 Å². The van der Waals surface area contributed by atoms with E-state index in [-0.39, 0.29) is 17.8 Å². The molecule has 0 aromatic carbocycles. The van der Waals surface area contributed by atoms with Crippen LogP contribution in [0.3, 0.4) is 0 Å². The molecule has 2 N–H and O–H groups in total. The second-order valence-electron chi connectivity index (χ2n) is 2.72. The Balaban J connectivity index is 2.00. The van der Waals surface area contributed by atoms with Crippen molar-refractivity contribution in [2.75, 3.05) is 18.5 Å². The molecule has 0 amide bonds. The number of rotatable bonds is 3. The standard InChI is InChI=1S/C7H8N2O4/c10-6(11)5-3-13-7(9-5)8-4-1-12-2-4/h3-4H,1-2H2,(H,8,9)(H,10,11). The number of carboxylic acid groups (broad SMARTS) is 1. The zero-order valence-electron chi connectivity index (χ0n) is 6.69. The van der Waals surface area contributed by atoms with Crippen molar-refractivity contribution in [3.63, 3.8) is 0 Å². The SMILES string of the molecule is O=C(O)c1coc(NC2COC2)n1. The number of oxazole rings is 1. The van der Waals surface area contributed by atoms with Crippen LogP contribution in [0.25, 0.3) is 0 Å². The smallest absolute Gasteiger partial charge is 0.357 e. The van der Waals surface area contributed by atoms with Gasteiger partial charge in [-0.3, -0.25) is 0 Å². The molecule has 70 valence electrons. The fraction of sp³-hybridized carbons (Fsp3) is 0.429. The zero-order valence-corrected chi connectivity index (χ0v) is 6.69. The first kappa shape index (κ1) is 8.06. The Morgan fingerprint density at radius 3 is 2.92 bits per heavy atom. The molecule has 1 fully saturated rings. The second kappa shape index (κ2) is 3.06. The van der Waals surface area contributed by atoms with Crippen LogP contribution in [0.4, 0.5) is 6.01 Å². The van der Waals surface area contributed by atoms with Crippen molar-refractivity contribution >= 4 is 12.0 Å². The highest BCUT2D eigenvalue weighted by Gasteiger charge is 2.20. The number of nitrogens with zero attached hydrogens (tertiary/aromatic N) is 1. The van der Waals surface area contributed by atoms with E-state index in [2.05, 4.69) is 10.3 Å². The third-order valence-electron chi connectivity index (χ3n) is 1.69. The van der Waals surface area contributed by atoms with E-state index in [0.29, 0.717) is 13.2 Å². The third kappa shape index (κ3) is 1.62. The number of carbonyl (C=O) groups is 1. The summed E-state index contributed by atoms with van der Waals surface area (Å²) in [5.41, 5.74) is -0.0947. The predicted molar refractivity (Wildman–Crippen MR) is 41.7 cm³/mol. The quantitative estimate of drug-likeness (QED) is 0.697. The zero-order chi connectivity index (χ0) is 9.26. The maximum Gasteiger partial charge on any atom is 0.357 e. The molecule has 2 heterocycles. The van der Waals surface area contributed by atoms with Crippen LogP contribution in [0, 0.1) is 0 Å². The summed E-state index contributed by atoms with van der Waals surface area (Å²) >= 11 is 0. The highest BCUT2D eigenvalue weighted by molar-refractivity contribution is 5.85. The molecule has 1 aliphatic heterocycles. The highest BCUT2D eigenvalue weighted by atomic mass is 16.5. The van der Waals surface area contributed by atoms with Crippen LogP contribution in [-0.2, 0) is 4.74 Å². The highest BCUT2D eigenvalue weighted by Crippen LogP contribution is 2.12. The lowest BCUT2D eigenvalue weighted by molar-refractivity contribution is 0.0201. The number of anilines is 1. The van der Waals surface area contributed by atoms with Gasteiger partial charge in [0.1, 0.15) is 6.26 Å². The van der Waals surface area contributed by atoms with Crippen LogP contribution in [0.15, 0.2) is 10.7 Å². The van der Waals surface area contributed by atoms with E-state index < -0.39 is 5.97 Å². The lowest BCUT2D eigenvalue weighted by Gasteiger charge is -2.25. The number of ether oxygens (including phenoxy) is 1. The third-order valence-corrected chi connectivity index (χ3v) is 1.69. The normalized spacial score (nSPS) is 16.6. The van der Waals surface area contributed by atoms with Gasteiger partial charge in [0.25, 0.3) is 6.01 Å². The van der Waals surface area contributed by atoms with Gasteiger partial charge in [-0.25, -0.2) is 4.79 Å². The summed E-state index contributed by atoms with van der Waals surface area (Å²) in [6, 6.07) is 0.408. The average Bonchev–Trinajstić information content (AvgIpc) is 2.44. The van der Waals surface area contributed by atoms with Gasteiger partial charge in [-0.15, -0.1) is 0 Å². The van der Waals surface area contributed by atoms with Crippen LogP contribution in [0.1, 0.15) is 10.5 Å². The van der Waals surface area contributed by atoms with Gasteiger partial charge in [-0.1, -0.05) is 0 Å². The largest absolute Gasteiger partial charge is 0.476 e. The van der Waals surface area contributed by atoms with Crippen LogP contribution in [0.5, 0.6) is 0 Å². The second-order valence-corrected chi connectivity index (χ2v) is 2.72. The Morgan fingerprint density at radius 1 is 1.69 bits per heavy atom. The summed E-state index contributed by atoms with van der Waals surface area (Å²) in [5, 5.41) is 11.4. The number of aromatic nitrogens is 1. The minimum atomic E-state index is -1.10. The van der Waals surface area contributed by atoms with Gasteiger partial charge in [0.15, 0.2) is 5.69 Å². The molecule has 1 saturated heterocycles. The van der Waals surface area contributed by atoms with Crippen molar-refractivity contribution in [3.05, 3.63) is 12.0 Å². The summed E-state index contributed by atoms with van der Waals surface area (Å²) in [6.45, 7) is 1.20. The fourth-order valence-corrected chi connectivity index (χ4v) is 0.932. The summed E-state index contributed by atoms with van der Waals surface area (Å²) in [4.78, 5) is 14.1. The first-order valence-corrected chi connectivity index (χ1v) is 3.79. The topological polar surface area (TPSA) is 84.6 Å². The number of nitrogens with one attached hydrogen (secondary N) is 1. The first-order valence-electron chi connectivity index (χ1n) is 3.79. The molecular formula is C7H8N2O4. The lowest BCUT2D eigenvalue weighted by atomic mass is 10.3. The molecule has 0 saturated carbocycles. The molecule has 0 atom stereocenters. The van der Waals surface area contributed by atoms with Gasteiger partial charge < -0.3 is 19.6 Å². The van der Waals surface area contributed by atoms with E-state index in [1.54, 1.807) is 0 Å². The molecule has 6 heteroatoms. The maximum atomic E-state index is 10.4. The summed E-state index contributed by atoms with van der Waals surface area (Å²) in [5.74, 6) is -1.10. The molecule has 1 aromatic rings. The molecule has 0 spiro atoms. The van der Waals surface area contributed by atoms with Gasteiger partial charge in [0.2, 0.25) is 0 Å². The van der Waals surface area contributed by atoms with Gasteiger partial charge >= 0.3 is 5.97 Å². The summed E-state index contributed by atoms with van der Waals surface area (Å²) < 4.78 is 9.79. The molecule has 1 aromatic heterocycles. The average molecular weight is 184 g/mol. The summed E-state index contributed by atoms with van der Waals surface area (Å²) in [7, 11) is 0. The molecule has 1 aliphatic rings. The fourth-order valence-electron chi connectivity index (χ4n) is 0.932. The summed E-state index contributed by atoms with van der Waals surface area (Å²) in [6.07, 6.45) is 1.10. The Labute approximate surface area is 73.5 Å². The maximum absolute atomic E-state index is 10.4. The minimum Gasteiger partial charge on any atom is -0.476 e. The van der Waals surface area contributed by atoms with Crippen LogP contribution in [-0.4, -0.2) is 35.3 Å². The van der Waals surface area contributed by atoms with Crippen LogP contribution < -0.4 is 5.32 Å². The minimum absolute atomic E-state index is 0.0947. The molecule has 0 radical (unpaired) electrons. The molecule has 6 nitrogen and oxygen atoms in total. The van der Waals surface area contributed by atoms with Crippen LogP contribution in [0.2, 0.25) is 0 Å². The Morgan fingerprint density at radius 2 is 2.46 bits per heavy atom. The van der Waals surface area contributed by atoms with Gasteiger partial charge in [0.05, 0.1) is 19.3 Å². The van der Waals surface area contributed by atoms with Crippen molar-refractivity contribution in [3.8, 4) is 0 Å². The van der Waals surface area contributed by atoms with Crippen molar-refractivity contribution in [2.45, 2.75) is 6.04 Å². The molecule has 0 unspecified atom stereocenters. The number of carboxylic acids is 1. The number of hydrogen-bond donors (Lipinski definition) is 2. The van der Waals surface area contributed by atoms with Crippen molar-refractivity contribution < 1.29 is 19.1 Å².